The van der Waals surface area contributed by atoms with Crippen LogP contribution in [0.5, 0.6) is 0 Å². The fourth-order valence-electron chi connectivity index (χ4n) is 3.21. The molecular weight excluding hydrogens is 342 g/mol. The molecule has 26 heavy (non-hydrogen) atoms. The number of carbonyl (C=O) groups excluding carboxylic acids is 2. The first-order valence-electron chi connectivity index (χ1n) is 8.24. The first-order valence-corrected chi connectivity index (χ1v) is 8.24. The van der Waals surface area contributed by atoms with Gasteiger partial charge in [0.15, 0.2) is 0 Å². The number of halogens is 2. The number of methoxy groups -OCH3 is 1. The Morgan fingerprint density at radius 2 is 1.85 bits per heavy atom. The molecule has 3 rings (SSSR count). The third-order valence-electron chi connectivity index (χ3n) is 4.43. The molecule has 1 aliphatic heterocycles. The second kappa shape index (κ2) is 7.59. The minimum atomic E-state index is -0.600. The summed E-state index contributed by atoms with van der Waals surface area (Å²) in [5.74, 6) is -1.86. The Kier molecular flexibility index (Phi) is 5.25. The number of amides is 1. The first kappa shape index (κ1) is 18.0. The van der Waals surface area contributed by atoms with Crippen LogP contribution in [0.2, 0.25) is 0 Å². The van der Waals surface area contributed by atoms with Gasteiger partial charge in [0.05, 0.1) is 18.2 Å². The van der Waals surface area contributed by atoms with Crippen molar-refractivity contribution >= 4 is 11.9 Å². The van der Waals surface area contributed by atoms with Gasteiger partial charge in [0.25, 0.3) is 5.91 Å². The summed E-state index contributed by atoms with van der Waals surface area (Å²) in [7, 11) is 1.26. The molecule has 136 valence electrons. The molecule has 0 aliphatic carbocycles. The van der Waals surface area contributed by atoms with E-state index in [4.69, 9.17) is 0 Å². The maximum Gasteiger partial charge on any atom is 0.339 e. The molecule has 0 spiro atoms. The summed E-state index contributed by atoms with van der Waals surface area (Å²) in [5, 5.41) is 0. The maximum absolute atomic E-state index is 13.3. The van der Waals surface area contributed by atoms with Crippen molar-refractivity contribution in [2.75, 3.05) is 20.2 Å². The highest BCUT2D eigenvalue weighted by Gasteiger charge is 2.28. The van der Waals surface area contributed by atoms with Crippen LogP contribution < -0.4 is 0 Å². The highest BCUT2D eigenvalue weighted by Crippen LogP contribution is 2.23. The van der Waals surface area contributed by atoms with E-state index in [0.29, 0.717) is 30.6 Å². The number of benzene rings is 1. The zero-order chi connectivity index (χ0) is 18.7. The molecule has 0 saturated carbocycles. The number of nitrogens with zero attached hydrogens (tertiary/aromatic N) is 2. The zero-order valence-corrected chi connectivity index (χ0v) is 14.2. The van der Waals surface area contributed by atoms with Crippen molar-refractivity contribution in [1.29, 1.82) is 0 Å². The number of pyridine rings is 1. The van der Waals surface area contributed by atoms with E-state index in [1.165, 1.54) is 37.7 Å². The van der Waals surface area contributed by atoms with Gasteiger partial charge < -0.3 is 9.64 Å². The topological polar surface area (TPSA) is 59.5 Å². The molecule has 1 saturated heterocycles. The number of esters is 1. The SMILES string of the molecule is COC(=O)c1cncc(C(=O)N2CCC(Cc3cc(F)cc(F)c3)C2)c1. The van der Waals surface area contributed by atoms with Crippen molar-refractivity contribution in [2.45, 2.75) is 12.8 Å². The van der Waals surface area contributed by atoms with Gasteiger partial charge in [0, 0.05) is 31.5 Å². The standard InChI is InChI=1S/C19H18F2N2O3/c1-26-19(25)15-7-14(9-22-10-15)18(24)23-3-2-12(11-23)4-13-5-16(20)8-17(21)6-13/h5-10,12H,2-4,11H2,1H3. The third-order valence-corrected chi connectivity index (χ3v) is 4.43. The van der Waals surface area contributed by atoms with Crippen molar-refractivity contribution in [2.24, 2.45) is 5.92 Å². The first-order chi connectivity index (χ1) is 12.5. The number of aromatic nitrogens is 1. The Hall–Kier alpha value is -2.83. The van der Waals surface area contributed by atoms with Crippen molar-refractivity contribution < 1.29 is 23.1 Å². The lowest BCUT2D eigenvalue weighted by molar-refractivity contribution is 0.0600. The van der Waals surface area contributed by atoms with Gasteiger partial charge in [0.1, 0.15) is 11.6 Å². The van der Waals surface area contributed by atoms with Gasteiger partial charge in [-0.15, -0.1) is 0 Å². The van der Waals surface area contributed by atoms with Crippen molar-refractivity contribution in [3.8, 4) is 0 Å². The fourth-order valence-corrected chi connectivity index (χ4v) is 3.21. The molecule has 1 aromatic carbocycles. The largest absolute Gasteiger partial charge is 0.465 e. The summed E-state index contributed by atoms with van der Waals surface area (Å²) in [5.41, 5.74) is 1.10. The maximum atomic E-state index is 13.3. The van der Waals surface area contributed by atoms with Crippen LogP contribution in [0.1, 0.15) is 32.7 Å². The summed E-state index contributed by atoms with van der Waals surface area (Å²) in [6.45, 7) is 1.03. The second-order valence-electron chi connectivity index (χ2n) is 6.34. The van der Waals surface area contributed by atoms with Gasteiger partial charge in [-0.2, -0.15) is 0 Å². The average molecular weight is 360 g/mol. The molecule has 1 amide bonds. The molecule has 0 bridgehead atoms. The van der Waals surface area contributed by atoms with Crippen LogP contribution in [-0.2, 0) is 11.2 Å². The average Bonchev–Trinajstić information content (AvgIpc) is 3.08. The monoisotopic (exact) mass is 360 g/mol. The van der Waals surface area contributed by atoms with Gasteiger partial charge in [0.2, 0.25) is 0 Å². The van der Waals surface area contributed by atoms with E-state index >= 15 is 0 Å². The normalized spacial score (nSPS) is 16.6. The molecule has 0 radical (unpaired) electrons. The molecule has 1 unspecified atom stereocenters. The molecule has 1 atom stereocenters. The quantitative estimate of drug-likeness (QED) is 0.787. The van der Waals surface area contributed by atoms with E-state index in [9.17, 15) is 18.4 Å². The summed E-state index contributed by atoms with van der Waals surface area (Å²) >= 11 is 0. The van der Waals surface area contributed by atoms with E-state index < -0.39 is 17.6 Å². The van der Waals surface area contributed by atoms with Crippen LogP contribution in [0.25, 0.3) is 0 Å². The van der Waals surface area contributed by atoms with Gasteiger partial charge in [-0.1, -0.05) is 0 Å². The number of hydrogen-bond donors (Lipinski definition) is 0. The summed E-state index contributed by atoms with van der Waals surface area (Å²) in [6, 6.07) is 4.93. The minimum Gasteiger partial charge on any atom is -0.465 e. The Morgan fingerprint density at radius 3 is 2.54 bits per heavy atom. The third kappa shape index (κ3) is 4.04. The summed E-state index contributed by atoms with van der Waals surface area (Å²) in [4.78, 5) is 29.8. The number of rotatable bonds is 4. The van der Waals surface area contributed by atoms with E-state index in [0.717, 1.165) is 12.5 Å². The Balaban J connectivity index is 1.66. The van der Waals surface area contributed by atoms with E-state index in [1.807, 2.05) is 0 Å². The van der Waals surface area contributed by atoms with Crippen LogP contribution in [0, 0.1) is 17.6 Å². The molecule has 7 heteroatoms. The Bertz CT molecular complexity index is 821. The highest BCUT2D eigenvalue weighted by molar-refractivity contribution is 5.97. The van der Waals surface area contributed by atoms with Crippen LogP contribution in [0.15, 0.2) is 36.7 Å². The molecular formula is C19H18F2N2O3. The molecule has 0 N–H and O–H groups in total. The summed E-state index contributed by atoms with van der Waals surface area (Å²) < 4.78 is 31.3. The van der Waals surface area contributed by atoms with Gasteiger partial charge in [-0.3, -0.25) is 9.78 Å². The van der Waals surface area contributed by atoms with Gasteiger partial charge in [-0.25, -0.2) is 13.6 Å². The molecule has 1 aliphatic rings. The van der Waals surface area contributed by atoms with E-state index in [2.05, 4.69) is 9.72 Å². The van der Waals surface area contributed by atoms with Gasteiger partial charge in [-0.05, 0) is 42.5 Å². The predicted octanol–water partition coefficient (Wildman–Crippen LogP) is 2.85. The number of carbonyl (C=O) groups is 2. The molecule has 1 fully saturated rings. The molecule has 2 aromatic rings. The van der Waals surface area contributed by atoms with Crippen LogP contribution in [0.3, 0.4) is 0 Å². The van der Waals surface area contributed by atoms with Crippen LogP contribution in [0.4, 0.5) is 8.78 Å². The number of likely N-dealkylation sites (tertiary alicyclic amines) is 1. The molecule has 1 aromatic heterocycles. The Morgan fingerprint density at radius 1 is 1.15 bits per heavy atom. The van der Waals surface area contributed by atoms with Crippen molar-refractivity contribution in [3.05, 3.63) is 65.0 Å². The van der Waals surface area contributed by atoms with Crippen molar-refractivity contribution in [3.63, 3.8) is 0 Å². The summed E-state index contributed by atoms with van der Waals surface area (Å²) in [6.07, 6.45) is 3.99. The minimum absolute atomic E-state index is 0.122. The van der Waals surface area contributed by atoms with E-state index in [-0.39, 0.29) is 17.4 Å². The molecule has 2 heterocycles. The van der Waals surface area contributed by atoms with Gasteiger partial charge >= 0.3 is 5.97 Å². The fraction of sp³-hybridized carbons (Fsp3) is 0.316. The lowest BCUT2D eigenvalue weighted by Crippen LogP contribution is -2.29. The lowest BCUT2D eigenvalue weighted by Gasteiger charge is -2.17. The lowest BCUT2D eigenvalue weighted by atomic mass is 9.98. The number of ether oxygens (including phenoxy) is 1. The van der Waals surface area contributed by atoms with Crippen LogP contribution >= 0.6 is 0 Å². The Labute approximate surface area is 149 Å². The van der Waals surface area contributed by atoms with Crippen LogP contribution in [-0.4, -0.2) is 42.0 Å². The highest BCUT2D eigenvalue weighted by atomic mass is 19.1. The number of hydrogen-bond acceptors (Lipinski definition) is 4. The second-order valence-corrected chi connectivity index (χ2v) is 6.34. The zero-order valence-electron chi connectivity index (χ0n) is 14.2. The smallest absolute Gasteiger partial charge is 0.339 e. The van der Waals surface area contributed by atoms with E-state index in [1.54, 1.807) is 4.90 Å². The van der Waals surface area contributed by atoms with Crippen molar-refractivity contribution in [1.82, 2.24) is 9.88 Å². The molecule has 5 nitrogen and oxygen atoms in total. The predicted molar refractivity (Wildman–Crippen MR) is 89.6 cm³/mol.